The zero-order chi connectivity index (χ0) is 11.6. The van der Waals surface area contributed by atoms with Gasteiger partial charge in [-0.25, -0.2) is 0 Å². The molecule has 15 heavy (non-hydrogen) atoms. The largest absolute Gasteiger partial charge is 0.332 e. The van der Waals surface area contributed by atoms with Gasteiger partial charge in [-0.05, 0) is 12.8 Å². The fourth-order valence-corrected chi connectivity index (χ4v) is 1.32. The number of ether oxygens (including phenoxy) is 3. The van der Waals surface area contributed by atoms with Gasteiger partial charge < -0.3 is 14.2 Å². The average Bonchev–Trinajstić information content (AvgIpc) is 2.19. The highest BCUT2D eigenvalue weighted by molar-refractivity contribution is 6.08. The Morgan fingerprint density at radius 1 is 0.933 bits per heavy atom. The highest BCUT2D eigenvalue weighted by Crippen LogP contribution is 2.15. The first-order valence-electron chi connectivity index (χ1n) is 5.75. The van der Waals surface area contributed by atoms with Crippen LogP contribution in [0.25, 0.3) is 0 Å². The van der Waals surface area contributed by atoms with Gasteiger partial charge in [0.1, 0.15) is 0 Å². The van der Waals surface area contributed by atoms with Gasteiger partial charge in [0.15, 0.2) is 0 Å². The summed E-state index contributed by atoms with van der Waals surface area (Å²) >= 11 is 0. The molecule has 0 heterocycles. The Kier molecular flexibility index (Phi) is 9.39. The molecular formula is C11H23O3Si. The van der Waals surface area contributed by atoms with E-state index in [1.54, 1.807) is 0 Å². The van der Waals surface area contributed by atoms with Gasteiger partial charge in [0, 0.05) is 13.2 Å². The molecule has 0 N–H and O–H groups in total. The monoisotopic (exact) mass is 231 g/mol. The fourth-order valence-electron chi connectivity index (χ4n) is 1.06. The Morgan fingerprint density at radius 3 is 1.73 bits per heavy atom. The van der Waals surface area contributed by atoms with E-state index in [4.69, 9.17) is 14.2 Å². The van der Waals surface area contributed by atoms with Gasteiger partial charge in [0.2, 0.25) is 0 Å². The van der Waals surface area contributed by atoms with Gasteiger partial charge in [0.25, 0.3) is 5.97 Å². The topological polar surface area (TPSA) is 27.7 Å². The van der Waals surface area contributed by atoms with Crippen LogP contribution >= 0.6 is 0 Å². The van der Waals surface area contributed by atoms with Crippen LogP contribution in [0.4, 0.5) is 0 Å². The third kappa shape index (κ3) is 7.96. The minimum absolute atomic E-state index is 0.411. The van der Waals surface area contributed by atoms with E-state index in [1.165, 1.54) is 0 Å². The van der Waals surface area contributed by atoms with E-state index in [9.17, 15) is 0 Å². The molecule has 0 aliphatic rings. The van der Waals surface area contributed by atoms with Crippen LogP contribution in [-0.2, 0) is 14.2 Å². The molecule has 3 nitrogen and oxygen atoms in total. The Hall–Kier alpha value is 0.0969. The van der Waals surface area contributed by atoms with Crippen molar-refractivity contribution in [3.8, 4) is 0 Å². The molecule has 89 valence electrons. The second-order valence-electron chi connectivity index (χ2n) is 3.56. The minimum Gasteiger partial charge on any atom is -0.332 e. The van der Waals surface area contributed by atoms with Crippen molar-refractivity contribution in [1.29, 1.82) is 0 Å². The molecule has 0 fully saturated rings. The maximum atomic E-state index is 5.58. The Morgan fingerprint density at radius 2 is 1.40 bits per heavy atom. The Labute approximate surface area is 96.9 Å². The van der Waals surface area contributed by atoms with E-state index in [2.05, 4.69) is 24.1 Å². The van der Waals surface area contributed by atoms with E-state index in [0.29, 0.717) is 19.4 Å². The molecule has 0 aliphatic heterocycles. The molecule has 0 bridgehead atoms. The molecule has 0 aromatic heterocycles. The van der Waals surface area contributed by atoms with Crippen LogP contribution in [0.1, 0.15) is 46.5 Å². The first kappa shape index (κ1) is 15.1. The second kappa shape index (κ2) is 9.33. The van der Waals surface area contributed by atoms with E-state index in [0.717, 1.165) is 25.7 Å². The van der Waals surface area contributed by atoms with Crippen molar-refractivity contribution in [1.82, 2.24) is 0 Å². The van der Waals surface area contributed by atoms with Crippen LogP contribution in [0, 0.1) is 0 Å². The van der Waals surface area contributed by atoms with Crippen LogP contribution in [0.15, 0.2) is 0 Å². The van der Waals surface area contributed by atoms with Crippen LogP contribution in [0.2, 0.25) is 0 Å². The third-order valence-corrected chi connectivity index (χ3v) is 2.20. The van der Waals surface area contributed by atoms with Gasteiger partial charge in [-0.2, -0.15) is 0 Å². The van der Waals surface area contributed by atoms with Gasteiger partial charge in [-0.15, -0.1) is 0 Å². The molecule has 0 spiro atoms. The molecule has 4 heteroatoms. The van der Waals surface area contributed by atoms with Crippen molar-refractivity contribution in [2.75, 3.05) is 19.4 Å². The SMILES string of the molecule is CCCCOC(C)(OC[Si])OCCCC. The normalized spacial score (nSPS) is 12.0. The summed E-state index contributed by atoms with van der Waals surface area (Å²) in [4.78, 5) is 0. The summed E-state index contributed by atoms with van der Waals surface area (Å²) in [5.74, 6) is -0.897. The Bertz CT molecular complexity index is 132. The maximum absolute atomic E-state index is 5.58. The highest BCUT2D eigenvalue weighted by Gasteiger charge is 2.25. The Balaban J connectivity index is 3.83. The van der Waals surface area contributed by atoms with Gasteiger partial charge in [0.05, 0.1) is 23.5 Å². The van der Waals surface area contributed by atoms with Crippen LogP contribution in [0.5, 0.6) is 0 Å². The molecular weight excluding hydrogens is 208 g/mol. The molecule has 3 radical (unpaired) electrons. The minimum atomic E-state index is -0.897. The summed E-state index contributed by atoms with van der Waals surface area (Å²) in [5, 5.41) is 0. The number of unbranched alkanes of at least 4 members (excludes halogenated alkanes) is 2. The van der Waals surface area contributed by atoms with E-state index >= 15 is 0 Å². The van der Waals surface area contributed by atoms with Crippen molar-refractivity contribution in [2.45, 2.75) is 52.4 Å². The molecule has 0 atom stereocenters. The summed E-state index contributed by atoms with van der Waals surface area (Å²) in [7, 11) is 3.27. The lowest BCUT2D eigenvalue weighted by atomic mass is 10.3. The average molecular weight is 231 g/mol. The van der Waals surface area contributed by atoms with Crippen molar-refractivity contribution >= 4 is 10.2 Å². The predicted molar refractivity (Wildman–Crippen MR) is 61.8 cm³/mol. The zero-order valence-electron chi connectivity index (χ0n) is 10.2. The number of hydrogen-bond donors (Lipinski definition) is 0. The molecule has 0 unspecified atom stereocenters. The lowest BCUT2D eigenvalue weighted by Gasteiger charge is -2.29. The van der Waals surface area contributed by atoms with E-state index in [1.807, 2.05) is 6.92 Å². The standard InChI is InChI=1S/C11H23O3Si/c1-4-6-8-12-11(3,14-10-15)13-9-7-5-2/h4-10H2,1-3H3. The molecule has 0 aromatic rings. The summed E-state index contributed by atoms with van der Waals surface area (Å²) in [5.41, 5.74) is 0. The summed E-state index contributed by atoms with van der Waals surface area (Å²) < 4.78 is 16.6. The first-order valence-corrected chi connectivity index (χ1v) is 6.45. The van der Waals surface area contributed by atoms with Gasteiger partial charge in [-0.3, -0.25) is 0 Å². The molecule has 0 aliphatic carbocycles. The quantitative estimate of drug-likeness (QED) is 0.328. The van der Waals surface area contributed by atoms with Gasteiger partial charge in [-0.1, -0.05) is 26.7 Å². The summed E-state index contributed by atoms with van der Waals surface area (Å²) in [6.07, 6.45) is 4.68. The third-order valence-electron chi connectivity index (χ3n) is 2.06. The lowest BCUT2D eigenvalue weighted by molar-refractivity contribution is -0.364. The van der Waals surface area contributed by atoms with Crippen LogP contribution < -0.4 is 0 Å². The van der Waals surface area contributed by atoms with Crippen molar-refractivity contribution in [3.05, 3.63) is 0 Å². The summed E-state index contributed by atoms with van der Waals surface area (Å²) in [6, 6.07) is 0. The summed E-state index contributed by atoms with van der Waals surface area (Å²) in [6.45, 7) is 7.42. The molecule has 0 saturated heterocycles. The van der Waals surface area contributed by atoms with Crippen LogP contribution in [0.3, 0.4) is 0 Å². The van der Waals surface area contributed by atoms with Crippen molar-refractivity contribution < 1.29 is 14.2 Å². The van der Waals surface area contributed by atoms with Crippen molar-refractivity contribution in [2.24, 2.45) is 0 Å². The zero-order valence-corrected chi connectivity index (χ0v) is 11.2. The first-order chi connectivity index (χ1) is 7.18. The smallest absolute Gasteiger partial charge is 0.279 e. The van der Waals surface area contributed by atoms with E-state index in [-0.39, 0.29) is 0 Å². The molecule has 0 saturated carbocycles. The maximum Gasteiger partial charge on any atom is 0.279 e. The highest BCUT2D eigenvalue weighted by atomic mass is 28.1. The second-order valence-corrected chi connectivity index (χ2v) is 3.84. The molecule has 0 rings (SSSR count). The molecule has 0 aromatic carbocycles. The fraction of sp³-hybridized carbons (Fsp3) is 1.00. The van der Waals surface area contributed by atoms with Crippen LogP contribution in [-0.4, -0.2) is 35.7 Å². The number of hydrogen-bond acceptors (Lipinski definition) is 3. The van der Waals surface area contributed by atoms with Crippen molar-refractivity contribution in [3.63, 3.8) is 0 Å². The number of rotatable bonds is 10. The van der Waals surface area contributed by atoms with Gasteiger partial charge >= 0.3 is 0 Å². The molecule has 0 amide bonds. The predicted octanol–water partition coefficient (Wildman–Crippen LogP) is 2.44. The van der Waals surface area contributed by atoms with E-state index < -0.39 is 5.97 Å². The lowest BCUT2D eigenvalue weighted by Crippen LogP contribution is -2.37.